The van der Waals surface area contributed by atoms with E-state index < -0.39 is 0 Å². The number of hydrogen-bond acceptors (Lipinski definition) is 2. The van der Waals surface area contributed by atoms with Crippen LogP contribution in [0.1, 0.15) is 72.6 Å². The summed E-state index contributed by atoms with van der Waals surface area (Å²) in [4.78, 5) is 2.77. The number of likely N-dealkylation sites (N-methyl/N-ethyl adjacent to an activating group) is 2. The van der Waals surface area contributed by atoms with Crippen molar-refractivity contribution in [2.75, 3.05) is 14.1 Å². The molecule has 2 fully saturated rings. The molecule has 0 saturated heterocycles. The lowest BCUT2D eigenvalue weighted by molar-refractivity contribution is 0.0246. The lowest BCUT2D eigenvalue weighted by Crippen LogP contribution is -2.56. The van der Waals surface area contributed by atoms with Crippen molar-refractivity contribution < 1.29 is 0 Å². The second-order valence-corrected chi connectivity index (χ2v) is 8.83. The fraction of sp³-hybridized carbons (Fsp3) is 1.00. The Morgan fingerprint density at radius 2 is 1.62 bits per heavy atom. The zero-order valence-electron chi connectivity index (χ0n) is 15.3. The Morgan fingerprint density at radius 3 is 2.19 bits per heavy atom. The summed E-state index contributed by atoms with van der Waals surface area (Å²) >= 11 is 0. The molecule has 5 atom stereocenters. The molecule has 2 aliphatic rings. The summed E-state index contributed by atoms with van der Waals surface area (Å²) in [5, 5.41) is 3.62. The molecule has 0 aromatic heterocycles. The van der Waals surface area contributed by atoms with E-state index in [0.717, 1.165) is 23.9 Å². The molecule has 124 valence electrons. The third-order valence-electron chi connectivity index (χ3n) is 6.52. The molecule has 2 aliphatic carbocycles. The van der Waals surface area contributed by atoms with E-state index in [1.807, 2.05) is 0 Å². The molecular formula is C19H38N2. The van der Waals surface area contributed by atoms with Crippen LogP contribution in [0.15, 0.2) is 0 Å². The van der Waals surface area contributed by atoms with Gasteiger partial charge in [-0.2, -0.15) is 0 Å². The molecule has 5 unspecified atom stereocenters. The van der Waals surface area contributed by atoms with Gasteiger partial charge in [0.2, 0.25) is 0 Å². The van der Waals surface area contributed by atoms with E-state index in [1.54, 1.807) is 0 Å². The smallest absolute Gasteiger partial charge is 0.0252 e. The molecule has 2 rings (SSSR count). The SMILES string of the molecule is CNC1CCC(C(C)(C)C)CC1N(C)C1CCCCC1C. The van der Waals surface area contributed by atoms with Crippen molar-refractivity contribution >= 4 is 0 Å². The van der Waals surface area contributed by atoms with Crippen LogP contribution >= 0.6 is 0 Å². The first kappa shape index (κ1) is 17.3. The minimum absolute atomic E-state index is 0.454. The maximum atomic E-state index is 3.62. The van der Waals surface area contributed by atoms with Gasteiger partial charge < -0.3 is 5.32 Å². The van der Waals surface area contributed by atoms with Crippen molar-refractivity contribution in [3.05, 3.63) is 0 Å². The van der Waals surface area contributed by atoms with Gasteiger partial charge >= 0.3 is 0 Å². The summed E-state index contributed by atoms with van der Waals surface area (Å²) in [7, 11) is 4.57. The van der Waals surface area contributed by atoms with Crippen molar-refractivity contribution in [3.8, 4) is 0 Å². The number of rotatable bonds is 3. The van der Waals surface area contributed by atoms with E-state index in [4.69, 9.17) is 0 Å². The molecule has 2 nitrogen and oxygen atoms in total. The molecule has 0 amide bonds. The number of nitrogens with one attached hydrogen (secondary N) is 1. The lowest BCUT2D eigenvalue weighted by Gasteiger charge is -2.49. The van der Waals surface area contributed by atoms with Crippen molar-refractivity contribution in [2.45, 2.75) is 90.8 Å². The van der Waals surface area contributed by atoms with Crippen molar-refractivity contribution in [1.29, 1.82) is 0 Å². The molecule has 0 heterocycles. The van der Waals surface area contributed by atoms with E-state index in [0.29, 0.717) is 11.5 Å². The van der Waals surface area contributed by atoms with Gasteiger partial charge in [-0.25, -0.2) is 0 Å². The van der Waals surface area contributed by atoms with Crippen LogP contribution in [0.5, 0.6) is 0 Å². The Kier molecular flexibility index (Phi) is 5.76. The molecule has 2 heteroatoms. The van der Waals surface area contributed by atoms with Gasteiger partial charge in [0.25, 0.3) is 0 Å². The van der Waals surface area contributed by atoms with Crippen molar-refractivity contribution in [3.63, 3.8) is 0 Å². The van der Waals surface area contributed by atoms with E-state index in [9.17, 15) is 0 Å². The number of hydrogen-bond donors (Lipinski definition) is 1. The topological polar surface area (TPSA) is 15.3 Å². The van der Waals surface area contributed by atoms with Crippen LogP contribution < -0.4 is 5.32 Å². The first-order valence-corrected chi connectivity index (χ1v) is 9.23. The van der Waals surface area contributed by atoms with Gasteiger partial charge in [0.05, 0.1) is 0 Å². The maximum Gasteiger partial charge on any atom is 0.0252 e. The Hall–Kier alpha value is -0.0800. The standard InChI is InChI=1S/C19H38N2/c1-14-9-7-8-10-17(14)21(6)18-13-15(19(2,3)4)11-12-16(18)20-5/h14-18,20H,7-13H2,1-6H3. The van der Waals surface area contributed by atoms with Crippen LogP contribution in [0.25, 0.3) is 0 Å². The van der Waals surface area contributed by atoms with E-state index >= 15 is 0 Å². The molecule has 2 saturated carbocycles. The highest BCUT2D eigenvalue weighted by atomic mass is 15.2. The minimum atomic E-state index is 0.454. The summed E-state index contributed by atoms with van der Waals surface area (Å²) in [5.74, 6) is 1.74. The first-order valence-electron chi connectivity index (χ1n) is 9.23. The molecule has 21 heavy (non-hydrogen) atoms. The van der Waals surface area contributed by atoms with Crippen LogP contribution in [0.4, 0.5) is 0 Å². The summed E-state index contributed by atoms with van der Waals surface area (Å²) in [5.41, 5.74) is 0.454. The molecule has 0 aromatic carbocycles. The zero-order chi connectivity index (χ0) is 15.6. The highest BCUT2D eigenvalue weighted by Gasteiger charge is 2.39. The molecule has 0 aromatic rings. The Bertz CT molecular complexity index is 320. The largest absolute Gasteiger partial charge is 0.315 e. The minimum Gasteiger partial charge on any atom is -0.315 e. The first-order chi connectivity index (χ1) is 9.84. The van der Waals surface area contributed by atoms with Gasteiger partial charge in [0.15, 0.2) is 0 Å². The highest BCUT2D eigenvalue weighted by molar-refractivity contribution is 4.95. The predicted octanol–water partition coefficient (Wildman–Crippen LogP) is 4.30. The van der Waals surface area contributed by atoms with Crippen molar-refractivity contribution in [1.82, 2.24) is 10.2 Å². The fourth-order valence-electron chi connectivity index (χ4n) is 4.87. The monoisotopic (exact) mass is 294 g/mol. The molecular weight excluding hydrogens is 256 g/mol. The highest BCUT2D eigenvalue weighted by Crippen LogP contribution is 2.40. The van der Waals surface area contributed by atoms with E-state index in [-0.39, 0.29) is 0 Å². The van der Waals surface area contributed by atoms with Gasteiger partial charge in [0.1, 0.15) is 0 Å². The molecule has 0 spiro atoms. The third-order valence-corrected chi connectivity index (χ3v) is 6.52. The third kappa shape index (κ3) is 4.01. The van der Waals surface area contributed by atoms with Crippen LogP contribution in [0.2, 0.25) is 0 Å². The second-order valence-electron chi connectivity index (χ2n) is 8.83. The summed E-state index contributed by atoms with van der Waals surface area (Å²) in [6, 6.07) is 2.21. The zero-order valence-corrected chi connectivity index (χ0v) is 15.3. The Balaban J connectivity index is 2.08. The van der Waals surface area contributed by atoms with Crippen LogP contribution in [-0.4, -0.2) is 37.1 Å². The van der Waals surface area contributed by atoms with Crippen LogP contribution in [0, 0.1) is 17.3 Å². The van der Waals surface area contributed by atoms with Gasteiger partial charge in [-0.15, -0.1) is 0 Å². The van der Waals surface area contributed by atoms with Gasteiger partial charge in [-0.1, -0.05) is 40.5 Å². The summed E-state index contributed by atoms with van der Waals surface area (Å²) < 4.78 is 0. The quantitative estimate of drug-likeness (QED) is 0.835. The lowest BCUT2D eigenvalue weighted by atomic mass is 9.69. The summed E-state index contributed by atoms with van der Waals surface area (Å²) in [6.45, 7) is 9.76. The fourth-order valence-corrected chi connectivity index (χ4v) is 4.87. The molecule has 0 radical (unpaired) electrons. The van der Waals surface area contributed by atoms with Gasteiger partial charge in [0, 0.05) is 18.1 Å². The normalized spacial score (nSPS) is 38.7. The van der Waals surface area contributed by atoms with Gasteiger partial charge in [-0.3, -0.25) is 4.90 Å². The van der Waals surface area contributed by atoms with E-state index in [1.165, 1.54) is 44.9 Å². The molecule has 1 N–H and O–H groups in total. The van der Waals surface area contributed by atoms with Crippen LogP contribution in [-0.2, 0) is 0 Å². The molecule has 0 aliphatic heterocycles. The second kappa shape index (κ2) is 7.00. The molecule has 0 bridgehead atoms. The summed E-state index contributed by atoms with van der Waals surface area (Å²) in [6.07, 6.45) is 9.80. The van der Waals surface area contributed by atoms with Crippen LogP contribution in [0.3, 0.4) is 0 Å². The average molecular weight is 295 g/mol. The number of nitrogens with zero attached hydrogens (tertiary/aromatic N) is 1. The van der Waals surface area contributed by atoms with Crippen molar-refractivity contribution in [2.24, 2.45) is 17.3 Å². The maximum absolute atomic E-state index is 3.62. The van der Waals surface area contributed by atoms with E-state index in [2.05, 4.69) is 52.0 Å². The predicted molar refractivity (Wildman–Crippen MR) is 92.6 cm³/mol. The Morgan fingerprint density at radius 1 is 0.952 bits per heavy atom. The average Bonchev–Trinajstić information content (AvgIpc) is 2.45. The van der Waals surface area contributed by atoms with Gasteiger partial charge in [-0.05, 0) is 63.5 Å². The Labute approximate surface area is 133 Å².